The van der Waals surface area contributed by atoms with Crippen LogP contribution < -0.4 is 10.6 Å². The molecule has 35 heavy (non-hydrogen) atoms. The van der Waals surface area contributed by atoms with E-state index in [0.717, 1.165) is 30.3 Å². The lowest BCUT2D eigenvalue weighted by molar-refractivity contribution is -0.384. The topological polar surface area (TPSA) is 101 Å². The van der Waals surface area contributed by atoms with Crippen LogP contribution in [-0.2, 0) is 12.4 Å². The molecule has 3 rings (SSSR count). The van der Waals surface area contributed by atoms with Crippen molar-refractivity contribution in [1.29, 1.82) is 0 Å². The zero-order valence-corrected chi connectivity index (χ0v) is 17.2. The maximum atomic E-state index is 13.2. The Balaban J connectivity index is 1.97. The fourth-order valence-electron chi connectivity index (χ4n) is 3.05. The van der Waals surface area contributed by atoms with Gasteiger partial charge in [0, 0.05) is 23.3 Å². The van der Waals surface area contributed by atoms with E-state index < -0.39 is 68.4 Å². The predicted octanol–water partition coefficient (Wildman–Crippen LogP) is 6.14. The first-order chi connectivity index (χ1) is 16.3. The number of alkyl halides is 6. The SMILES string of the molecule is O=C(Nc1ccccc1C(F)(F)F)c1cc(C(=O)Nc2ccccc2C(F)(F)F)cc([N+](=O)[O-])c1. The summed E-state index contributed by atoms with van der Waals surface area (Å²) in [6, 6.07) is 10.2. The first kappa shape index (κ1) is 25.2. The largest absolute Gasteiger partial charge is 0.418 e. The van der Waals surface area contributed by atoms with Gasteiger partial charge in [0.25, 0.3) is 17.5 Å². The second-order valence-electron chi connectivity index (χ2n) is 7.02. The molecule has 0 spiro atoms. The zero-order chi connectivity index (χ0) is 26.0. The molecule has 0 saturated carbocycles. The molecule has 0 aliphatic carbocycles. The lowest BCUT2D eigenvalue weighted by atomic mass is 10.1. The maximum absolute atomic E-state index is 13.2. The minimum Gasteiger partial charge on any atom is -0.321 e. The summed E-state index contributed by atoms with van der Waals surface area (Å²) in [5, 5.41) is 15.2. The molecule has 0 unspecified atom stereocenters. The Kier molecular flexibility index (Phi) is 6.80. The van der Waals surface area contributed by atoms with E-state index in [2.05, 4.69) is 0 Å². The van der Waals surface area contributed by atoms with E-state index in [0.29, 0.717) is 24.3 Å². The first-order valence-electron chi connectivity index (χ1n) is 9.52. The van der Waals surface area contributed by atoms with Gasteiger partial charge in [-0.15, -0.1) is 0 Å². The monoisotopic (exact) mass is 497 g/mol. The van der Waals surface area contributed by atoms with Gasteiger partial charge in [0.1, 0.15) is 0 Å². The van der Waals surface area contributed by atoms with Gasteiger partial charge in [-0.25, -0.2) is 0 Å². The van der Waals surface area contributed by atoms with Gasteiger partial charge in [0.05, 0.1) is 27.4 Å². The van der Waals surface area contributed by atoms with Gasteiger partial charge in [-0.05, 0) is 30.3 Å². The molecule has 0 aliphatic heterocycles. The molecule has 3 aromatic carbocycles. The Labute approximate surface area is 192 Å². The van der Waals surface area contributed by atoms with E-state index in [1.165, 1.54) is 12.1 Å². The van der Waals surface area contributed by atoms with Crippen LogP contribution in [0.15, 0.2) is 66.7 Å². The lowest BCUT2D eigenvalue weighted by Crippen LogP contribution is -2.19. The molecule has 2 N–H and O–H groups in total. The van der Waals surface area contributed by atoms with Gasteiger partial charge in [-0.1, -0.05) is 24.3 Å². The number of non-ortho nitro benzene ring substituents is 1. The molecule has 0 aliphatic rings. The molecule has 3 aromatic rings. The number of nitro benzene ring substituents is 1. The predicted molar refractivity (Wildman–Crippen MR) is 112 cm³/mol. The number of benzene rings is 3. The van der Waals surface area contributed by atoms with Crippen LogP contribution in [0.4, 0.5) is 43.4 Å². The van der Waals surface area contributed by atoms with Crippen molar-refractivity contribution in [2.45, 2.75) is 12.4 Å². The number of carbonyl (C=O) groups excluding carboxylic acids is 2. The van der Waals surface area contributed by atoms with Gasteiger partial charge in [-0.3, -0.25) is 19.7 Å². The molecule has 13 heteroatoms. The summed E-state index contributed by atoms with van der Waals surface area (Å²) in [5.41, 5.74) is -5.55. The smallest absolute Gasteiger partial charge is 0.321 e. The highest BCUT2D eigenvalue weighted by Gasteiger charge is 2.35. The number of carbonyl (C=O) groups is 2. The van der Waals surface area contributed by atoms with Crippen LogP contribution in [0.25, 0.3) is 0 Å². The maximum Gasteiger partial charge on any atom is 0.418 e. The minimum absolute atomic E-state index is 0.564. The summed E-state index contributed by atoms with van der Waals surface area (Å²) in [6.07, 6.45) is -9.63. The van der Waals surface area contributed by atoms with Crippen LogP contribution in [0.2, 0.25) is 0 Å². The molecule has 2 amide bonds. The number of nitrogens with zero attached hydrogens (tertiary/aromatic N) is 1. The third-order valence-corrected chi connectivity index (χ3v) is 4.61. The summed E-state index contributed by atoms with van der Waals surface area (Å²) in [6.45, 7) is 0. The Morgan fingerprint density at radius 3 is 1.40 bits per heavy atom. The Hall–Kier alpha value is -4.42. The number of nitrogens with one attached hydrogen (secondary N) is 2. The number of nitro groups is 1. The highest BCUT2D eigenvalue weighted by Crippen LogP contribution is 2.36. The molecular weight excluding hydrogens is 484 g/mol. The van der Waals surface area contributed by atoms with Crippen molar-refractivity contribution < 1.29 is 40.9 Å². The van der Waals surface area contributed by atoms with Crippen molar-refractivity contribution in [1.82, 2.24) is 0 Å². The van der Waals surface area contributed by atoms with Crippen LogP contribution in [0.3, 0.4) is 0 Å². The number of anilines is 2. The molecule has 0 atom stereocenters. The van der Waals surface area contributed by atoms with Crippen LogP contribution in [0.5, 0.6) is 0 Å². The number of rotatable bonds is 5. The standard InChI is InChI=1S/C22H13F6N3O4/c23-21(24,25)15-5-1-3-7-17(15)29-19(32)12-9-13(11-14(10-12)31(34)35)20(33)30-18-8-4-2-6-16(18)22(26,27)28/h1-11H,(H,29,32)(H,30,33). The summed E-state index contributed by atoms with van der Waals surface area (Å²) in [7, 11) is 0. The van der Waals surface area contributed by atoms with E-state index in [4.69, 9.17) is 0 Å². The summed E-state index contributed by atoms with van der Waals surface area (Å²) >= 11 is 0. The van der Waals surface area contributed by atoms with Gasteiger partial charge in [0.2, 0.25) is 0 Å². The average Bonchev–Trinajstić information content (AvgIpc) is 2.78. The molecule has 0 heterocycles. The Morgan fingerprint density at radius 1 is 0.686 bits per heavy atom. The number of hydrogen-bond acceptors (Lipinski definition) is 4. The quantitative estimate of drug-likeness (QED) is 0.251. The third kappa shape index (κ3) is 5.93. The van der Waals surface area contributed by atoms with E-state index >= 15 is 0 Å². The van der Waals surface area contributed by atoms with Gasteiger partial charge in [0.15, 0.2) is 0 Å². The number of hydrogen-bond donors (Lipinski definition) is 2. The highest BCUT2D eigenvalue weighted by molar-refractivity contribution is 6.09. The summed E-state index contributed by atoms with van der Waals surface area (Å²) in [5.74, 6) is -2.43. The fraction of sp³-hybridized carbons (Fsp3) is 0.0909. The fourth-order valence-corrected chi connectivity index (χ4v) is 3.05. The molecule has 0 bridgehead atoms. The van der Waals surface area contributed by atoms with Crippen LogP contribution in [0.1, 0.15) is 31.8 Å². The molecule has 0 saturated heterocycles. The lowest BCUT2D eigenvalue weighted by Gasteiger charge is -2.15. The second-order valence-corrected chi connectivity index (χ2v) is 7.02. The molecule has 0 aromatic heterocycles. The van der Waals surface area contributed by atoms with Crippen LogP contribution in [0, 0.1) is 10.1 Å². The van der Waals surface area contributed by atoms with Crippen molar-refractivity contribution in [2.75, 3.05) is 10.6 Å². The third-order valence-electron chi connectivity index (χ3n) is 4.61. The molecule has 0 radical (unpaired) electrons. The van der Waals surface area contributed by atoms with Crippen molar-refractivity contribution >= 4 is 28.9 Å². The van der Waals surface area contributed by atoms with Crippen molar-refractivity contribution in [2.24, 2.45) is 0 Å². The van der Waals surface area contributed by atoms with Crippen molar-refractivity contribution in [3.8, 4) is 0 Å². The number of para-hydroxylation sites is 2. The second kappa shape index (κ2) is 9.44. The Bertz CT molecular complexity index is 1220. The molecule has 182 valence electrons. The molecule has 0 fully saturated rings. The van der Waals surface area contributed by atoms with Gasteiger partial charge < -0.3 is 10.6 Å². The van der Waals surface area contributed by atoms with Crippen LogP contribution in [-0.4, -0.2) is 16.7 Å². The number of amides is 2. The van der Waals surface area contributed by atoms with Crippen molar-refractivity contribution in [3.05, 3.63) is 99.1 Å². The van der Waals surface area contributed by atoms with E-state index in [1.54, 1.807) is 0 Å². The first-order valence-corrected chi connectivity index (χ1v) is 9.52. The van der Waals surface area contributed by atoms with E-state index in [9.17, 15) is 46.0 Å². The summed E-state index contributed by atoms with van der Waals surface area (Å²) in [4.78, 5) is 35.5. The number of halogens is 6. The molecular formula is C22H13F6N3O4. The van der Waals surface area contributed by atoms with Gasteiger partial charge >= 0.3 is 12.4 Å². The van der Waals surface area contributed by atoms with Gasteiger partial charge in [-0.2, -0.15) is 26.3 Å². The Morgan fingerprint density at radius 2 is 1.06 bits per heavy atom. The zero-order valence-electron chi connectivity index (χ0n) is 17.2. The minimum atomic E-state index is -4.82. The van der Waals surface area contributed by atoms with E-state index in [1.807, 2.05) is 10.6 Å². The molecule has 7 nitrogen and oxygen atoms in total. The van der Waals surface area contributed by atoms with Crippen molar-refractivity contribution in [3.63, 3.8) is 0 Å². The highest BCUT2D eigenvalue weighted by atomic mass is 19.4. The van der Waals surface area contributed by atoms with Crippen LogP contribution >= 0.6 is 0 Å². The average molecular weight is 497 g/mol. The van der Waals surface area contributed by atoms with E-state index in [-0.39, 0.29) is 0 Å². The normalized spacial score (nSPS) is 11.6. The summed E-state index contributed by atoms with van der Waals surface area (Å²) < 4.78 is 79.1.